The molecule has 3 rings (SSSR count). The van der Waals surface area contributed by atoms with Gasteiger partial charge in [-0.2, -0.15) is 0 Å². The normalized spacial score (nSPS) is 17.7. The van der Waals surface area contributed by atoms with E-state index in [1.807, 2.05) is 30.3 Å². The minimum absolute atomic E-state index is 0.197. The number of nitrogens with one attached hydrogen (secondary N) is 1. The van der Waals surface area contributed by atoms with Gasteiger partial charge < -0.3 is 16.0 Å². The molecule has 2 amide bonds. The minimum atomic E-state index is -0.570. The molecule has 0 radical (unpaired) electrons. The molecule has 1 aliphatic heterocycles. The summed E-state index contributed by atoms with van der Waals surface area (Å²) >= 11 is 0. The summed E-state index contributed by atoms with van der Waals surface area (Å²) in [4.78, 5) is 26.7. The molecule has 0 saturated heterocycles. The third-order valence-electron chi connectivity index (χ3n) is 3.88. The van der Waals surface area contributed by atoms with Gasteiger partial charge in [0.15, 0.2) is 0 Å². The minimum Gasteiger partial charge on any atom is -0.397 e. The lowest BCUT2D eigenvalue weighted by Crippen LogP contribution is -2.42. The number of hydrogen-bond donors (Lipinski definition) is 2. The first kappa shape index (κ1) is 14.1. The van der Waals surface area contributed by atoms with Crippen LogP contribution < -0.4 is 11.1 Å². The molecule has 2 aromatic carbocycles. The van der Waals surface area contributed by atoms with E-state index in [0.29, 0.717) is 23.5 Å². The van der Waals surface area contributed by atoms with E-state index >= 15 is 0 Å². The molecule has 5 nitrogen and oxygen atoms in total. The molecular formula is C17H17N3O2. The van der Waals surface area contributed by atoms with E-state index < -0.39 is 6.04 Å². The highest BCUT2D eigenvalue weighted by Gasteiger charge is 2.33. The van der Waals surface area contributed by atoms with Crippen molar-refractivity contribution in [2.75, 3.05) is 11.1 Å². The van der Waals surface area contributed by atoms with E-state index in [9.17, 15) is 9.59 Å². The predicted molar refractivity (Wildman–Crippen MR) is 85.3 cm³/mol. The molecule has 0 aromatic heterocycles. The molecule has 0 bridgehead atoms. The summed E-state index contributed by atoms with van der Waals surface area (Å²) in [6, 6.07) is 14.1. The van der Waals surface area contributed by atoms with Crippen LogP contribution in [-0.2, 0) is 11.3 Å². The summed E-state index contributed by atoms with van der Waals surface area (Å²) < 4.78 is 0. The molecule has 1 atom stereocenters. The number of nitrogens with zero attached hydrogens (tertiary/aromatic N) is 1. The van der Waals surface area contributed by atoms with Gasteiger partial charge in [0.05, 0.1) is 16.9 Å². The van der Waals surface area contributed by atoms with Gasteiger partial charge in [0.2, 0.25) is 5.91 Å². The Kier molecular flexibility index (Phi) is 3.55. The Labute approximate surface area is 128 Å². The van der Waals surface area contributed by atoms with Crippen LogP contribution in [0, 0.1) is 0 Å². The summed E-state index contributed by atoms with van der Waals surface area (Å²) in [6.07, 6.45) is 0. The number of amides is 2. The van der Waals surface area contributed by atoms with Gasteiger partial charge in [0.25, 0.3) is 5.91 Å². The second kappa shape index (κ2) is 5.52. The van der Waals surface area contributed by atoms with Crippen LogP contribution in [0.1, 0.15) is 22.8 Å². The Morgan fingerprint density at radius 3 is 2.55 bits per heavy atom. The maximum absolute atomic E-state index is 12.8. The number of rotatable bonds is 2. The van der Waals surface area contributed by atoms with Crippen molar-refractivity contribution < 1.29 is 9.59 Å². The Hall–Kier alpha value is -2.82. The van der Waals surface area contributed by atoms with Crippen LogP contribution in [0.15, 0.2) is 48.5 Å². The summed E-state index contributed by atoms with van der Waals surface area (Å²) in [5.74, 6) is -0.432. The zero-order valence-electron chi connectivity index (χ0n) is 12.2. The van der Waals surface area contributed by atoms with Crippen molar-refractivity contribution in [3.8, 4) is 0 Å². The fourth-order valence-electron chi connectivity index (χ4n) is 2.58. The molecule has 1 unspecified atom stereocenters. The third-order valence-corrected chi connectivity index (χ3v) is 3.88. The van der Waals surface area contributed by atoms with Gasteiger partial charge in [-0.25, -0.2) is 0 Å². The van der Waals surface area contributed by atoms with Crippen LogP contribution in [-0.4, -0.2) is 22.8 Å². The Morgan fingerprint density at radius 2 is 1.82 bits per heavy atom. The summed E-state index contributed by atoms with van der Waals surface area (Å²) in [7, 11) is 0. The lowest BCUT2D eigenvalue weighted by Gasteiger charge is -2.26. The van der Waals surface area contributed by atoms with E-state index in [0.717, 1.165) is 5.56 Å². The van der Waals surface area contributed by atoms with Crippen LogP contribution >= 0.6 is 0 Å². The highest BCUT2D eigenvalue weighted by Crippen LogP contribution is 2.29. The van der Waals surface area contributed by atoms with Crippen LogP contribution in [0.5, 0.6) is 0 Å². The topological polar surface area (TPSA) is 75.4 Å². The average molecular weight is 295 g/mol. The van der Waals surface area contributed by atoms with E-state index in [-0.39, 0.29) is 11.8 Å². The quantitative estimate of drug-likeness (QED) is 0.834. The number of carbonyl (C=O) groups is 2. The van der Waals surface area contributed by atoms with Crippen LogP contribution in [0.3, 0.4) is 0 Å². The number of carbonyl (C=O) groups excluding carboxylic acids is 2. The molecule has 3 N–H and O–H groups in total. The van der Waals surface area contributed by atoms with Crippen LogP contribution in [0.2, 0.25) is 0 Å². The Morgan fingerprint density at radius 1 is 1.09 bits per heavy atom. The van der Waals surface area contributed by atoms with E-state index in [1.54, 1.807) is 30.0 Å². The third kappa shape index (κ3) is 2.41. The van der Waals surface area contributed by atoms with Gasteiger partial charge in [0, 0.05) is 6.54 Å². The molecular weight excluding hydrogens is 278 g/mol. The van der Waals surface area contributed by atoms with Gasteiger partial charge >= 0.3 is 0 Å². The van der Waals surface area contributed by atoms with Gasteiger partial charge in [-0.3, -0.25) is 9.59 Å². The fraction of sp³-hybridized carbons (Fsp3) is 0.176. The number of benzene rings is 2. The molecule has 22 heavy (non-hydrogen) atoms. The Balaban J connectivity index is 2.02. The molecule has 0 saturated carbocycles. The first-order chi connectivity index (χ1) is 10.6. The predicted octanol–water partition coefficient (Wildman–Crippen LogP) is 2.25. The van der Waals surface area contributed by atoms with Crippen LogP contribution in [0.25, 0.3) is 0 Å². The summed E-state index contributed by atoms with van der Waals surface area (Å²) in [5, 5.41) is 2.76. The zero-order valence-corrected chi connectivity index (χ0v) is 12.2. The molecule has 1 heterocycles. The van der Waals surface area contributed by atoms with Crippen molar-refractivity contribution >= 4 is 23.2 Å². The Bertz CT molecular complexity index is 728. The van der Waals surface area contributed by atoms with E-state index in [4.69, 9.17) is 5.73 Å². The second-order valence-electron chi connectivity index (χ2n) is 5.35. The molecule has 0 spiro atoms. The first-order valence-corrected chi connectivity index (χ1v) is 7.12. The van der Waals surface area contributed by atoms with Gasteiger partial charge in [0.1, 0.15) is 6.04 Å². The highest BCUT2D eigenvalue weighted by atomic mass is 16.2. The zero-order chi connectivity index (χ0) is 15.7. The SMILES string of the molecule is CC1C(=O)Nc2c(N)cccc2C(=O)N1Cc1ccccc1. The molecule has 1 aliphatic rings. The number of fused-ring (bicyclic) bond motifs is 1. The van der Waals surface area contributed by atoms with Crippen molar-refractivity contribution in [1.82, 2.24) is 4.90 Å². The second-order valence-corrected chi connectivity index (χ2v) is 5.35. The molecule has 112 valence electrons. The number of nitrogen functional groups attached to an aromatic ring is 1. The highest BCUT2D eigenvalue weighted by molar-refractivity contribution is 6.12. The van der Waals surface area contributed by atoms with Gasteiger partial charge in [-0.1, -0.05) is 36.4 Å². The number of anilines is 2. The lowest BCUT2D eigenvalue weighted by atomic mass is 10.1. The van der Waals surface area contributed by atoms with Crippen molar-refractivity contribution in [1.29, 1.82) is 0 Å². The largest absolute Gasteiger partial charge is 0.397 e. The standard InChI is InChI=1S/C17H17N3O2/c1-11-16(21)19-15-13(8-5-9-14(15)18)17(22)20(11)10-12-6-3-2-4-7-12/h2-9,11H,10,18H2,1H3,(H,19,21). The van der Waals surface area contributed by atoms with Crippen molar-refractivity contribution in [2.24, 2.45) is 0 Å². The van der Waals surface area contributed by atoms with Crippen molar-refractivity contribution in [2.45, 2.75) is 19.5 Å². The van der Waals surface area contributed by atoms with E-state index in [2.05, 4.69) is 5.32 Å². The number of hydrogen-bond acceptors (Lipinski definition) is 3. The van der Waals surface area contributed by atoms with Crippen molar-refractivity contribution in [3.63, 3.8) is 0 Å². The molecule has 0 fully saturated rings. The lowest BCUT2D eigenvalue weighted by molar-refractivity contribution is -0.120. The smallest absolute Gasteiger partial charge is 0.257 e. The summed E-state index contributed by atoms with van der Waals surface area (Å²) in [6.45, 7) is 2.10. The maximum atomic E-state index is 12.8. The molecule has 2 aromatic rings. The van der Waals surface area contributed by atoms with Gasteiger partial charge in [-0.05, 0) is 24.6 Å². The molecule has 0 aliphatic carbocycles. The number of nitrogens with two attached hydrogens (primary N) is 1. The maximum Gasteiger partial charge on any atom is 0.257 e. The van der Waals surface area contributed by atoms with Gasteiger partial charge in [-0.15, -0.1) is 0 Å². The number of para-hydroxylation sites is 1. The van der Waals surface area contributed by atoms with Crippen LogP contribution in [0.4, 0.5) is 11.4 Å². The summed E-state index contributed by atoms with van der Waals surface area (Å²) in [5.41, 5.74) is 8.09. The van der Waals surface area contributed by atoms with E-state index in [1.165, 1.54) is 0 Å². The monoisotopic (exact) mass is 295 g/mol. The first-order valence-electron chi connectivity index (χ1n) is 7.12. The average Bonchev–Trinajstić information content (AvgIpc) is 2.61. The molecule has 5 heteroatoms. The van der Waals surface area contributed by atoms with Crippen molar-refractivity contribution in [3.05, 3.63) is 59.7 Å². The fourth-order valence-corrected chi connectivity index (χ4v) is 2.58.